The third-order valence-electron chi connectivity index (χ3n) is 11.0. The van der Waals surface area contributed by atoms with Gasteiger partial charge in [0.05, 0.1) is 33.2 Å². The first-order valence-electron chi connectivity index (χ1n) is 25.9. The molecular formula is C57H36N4O. The van der Waals surface area contributed by atoms with Crippen molar-refractivity contribution in [3.63, 3.8) is 0 Å². The normalized spacial score (nSPS) is 14.3. The quantitative estimate of drug-likeness (QED) is 0.161. The van der Waals surface area contributed by atoms with E-state index in [-0.39, 0.29) is 39.1 Å². The molecule has 3 heterocycles. The third-order valence-corrected chi connectivity index (χ3v) is 11.0. The van der Waals surface area contributed by atoms with Gasteiger partial charge in [-0.25, -0.2) is 15.0 Å². The fourth-order valence-corrected chi connectivity index (χ4v) is 8.03. The highest BCUT2D eigenvalue weighted by molar-refractivity contribution is 6.11. The van der Waals surface area contributed by atoms with E-state index in [9.17, 15) is 6.85 Å². The van der Waals surface area contributed by atoms with Crippen molar-refractivity contribution in [1.82, 2.24) is 19.5 Å². The smallest absolute Gasteiger partial charge is 0.166 e. The summed E-state index contributed by atoms with van der Waals surface area (Å²) < 4.78 is 117. The Labute approximate surface area is 374 Å². The molecule has 0 unspecified atom stereocenters. The van der Waals surface area contributed by atoms with Gasteiger partial charge in [-0.3, -0.25) is 0 Å². The van der Waals surface area contributed by atoms with E-state index in [4.69, 9.17) is 29.0 Å². The predicted octanol–water partition coefficient (Wildman–Crippen LogP) is 14.9. The second-order valence-electron chi connectivity index (χ2n) is 14.7. The lowest BCUT2D eigenvalue weighted by Crippen LogP contribution is -2.04. The third kappa shape index (κ3) is 6.14. The summed E-state index contributed by atoms with van der Waals surface area (Å²) >= 11 is 0. The van der Waals surface area contributed by atoms with Crippen molar-refractivity contribution >= 4 is 43.7 Å². The van der Waals surface area contributed by atoms with E-state index < -0.39 is 83.6 Å². The number of aromatic nitrogens is 4. The van der Waals surface area contributed by atoms with Gasteiger partial charge < -0.3 is 8.98 Å². The molecule has 0 bridgehead atoms. The number of nitrogens with zero attached hydrogens (tertiary/aromatic N) is 4. The molecule has 12 aromatic rings. The molecule has 62 heavy (non-hydrogen) atoms. The Morgan fingerprint density at radius 3 is 1.77 bits per heavy atom. The summed E-state index contributed by atoms with van der Waals surface area (Å²) in [6.07, 6.45) is 0. The molecule has 0 N–H and O–H groups in total. The SMILES string of the molecule is [2H]c1c([2H])c([2H])c(-c2c([2H])c([2H])c3c(c2[2H])c2c([2H])c([2H])c([2H])c([2H])c2n3-c2cc(-c3ccc(-c4ccccc4)cc3)ccc2-c2nc(-c3ccccc3)nc(-c3ccc4c(c3)oc3ccccc34)n2)c([2H])c1[2H]. The Kier molecular flexibility index (Phi) is 5.99. The Bertz CT molecular complexity index is 4300. The molecule has 0 aliphatic carbocycles. The molecule has 0 saturated carbocycles. The number of furan rings is 1. The Balaban J connectivity index is 1.19. The second-order valence-corrected chi connectivity index (χ2v) is 14.7. The maximum Gasteiger partial charge on any atom is 0.166 e. The maximum absolute atomic E-state index is 9.83. The van der Waals surface area contributed by atoms with Crippen LogP contribution in [0, 0.1) is 0 Å². The number of hydrogen-bond acceptors (Lipinski definition) is 4. The van der Waals surface area contributed by atoms with Crippen LogP contribution in [-0.4, -0.2) is 19.5 Å². The Hall–Kier alpha value is -8.41. The summed E-state index contributed by atoms with van der Waals surface area (Å²) in [7, 11) is 0. The van der Waals surface area contributed by atoms with E-state index in [0.717, 1.165) is 27.5 Å². The number of benzene rings is 9. The van der Waals surface area contributed by atoms with Gasteiger partial charge in [0.1, 0.15) is 11.2 Å². The molecule has 290 valence electrons. The minimum atomic E-state index is -0.710. The monoisotopic (exact) mass is 804 g/mol. The van der Waals surface area contributed by atoms with Crippen LogP contribution >= 0.6 is 0 Å². The summed E-state index contributed by atoms with van der Waals surface area (Å²) in [5.74, 6) is 0.713. The van der Waals surface area contributed by atoms with E-state index in [1.54, 1.807) is 12.1 Å². The number of rotatable bonds is 7. The summed E-state index contributed by atoms with van der Waals surface area (Å²) in [6, 6.07) is 38.3. The highest BCUT2D eigenvalue weighted by atomic mass is 16.3. The van der Waals surface area contributed by atoms with Crippen LogP contribution in [0.2, 0.25) is 0 Å². The van der Waals surface area contributed by atoms with Gasteiger partial charge in [0.15, 0.2) is 17.5 Å². The van der Waals surface area contributed by atoms with E-state index in [1.807, 2.05) is 133 Å². The van der Waals surface area contributed by atoms with Crippen molar-refractivity contribution in [3.8, 4) is 73.2 Å². The standard InChI is InChI=1S/C57H36N4O/c1-4-14-37(15-5-1)39-24-26-40(27-25-39)43-28-32-48(52(35-43)61-50-22-12-10-20-45(50)49-34-42(30-33-51(49)61)38-16-6-2-7-17-38)57-59-55(41-18-8-3-9-19-41)58-56(60-57)44-29-31-47-46-21-11-13-23-53(46)62-54(47)36-44/h1-36H/i2D,6D,7D,10D,12D,16D,17D,20D,22D,30D,33D,34D. The molecule has 0 saturated heterocycles. The Morgan fingerprint density at radius 1 is 0.371 bits per heavy atom. The molecule has 3 aromatic heterocycles. The lowest BCUT2D eigenvalue weighted by molar-refractivity contribution is 0.669. The first-order valence-corrected chi connectivity index (χ1v) is 19.9. The first-order chi connectivity index (χ1) is 35.7. The molecule has 5 nitrogen and oxygen atoms in total. The molecule has 0 spiro atoms. The van der Waals surface area contributed by atoms with Crippen LogP contribution in [0.1, 0.15) is 16.4 Å². The van der Waals surface area contributed by atoms with Gasteiger partial charge in [-0.2, -0.15) is 0 Å². The van der Waals surface area contributed by atoms with Crippen molar-refractivity contribution in [2.75, 3.05) is 0 Å². The van der Waals surface area contributed by atoms with Gasteiger partial charge in [0.25, 0.3) is 0 Å². The van der Waals surface area contributed by atoms with E-state index >= 15 is 0 Å². The van der Waals surface area contributed by atoms with E-state index in [0.29, 0.717) is 39.2 Å². The average molecular weight is 805 g/mol. The molecule has 0 atom stereocenters. The highest BCUT2D eigenvalue weighted by Gasteiger charge is 2.21. The van der Waals surface area contributed by atoms with Crippen molar-refractivity contribution < 1.29 is 20.9 Å². The zero-order chi connectivity index (χ0) is 51.4. The van der Waals surface area contributed by atoms with Gasteiger partial charge >= 0.3 is 0 Å². The highest BCUT2D eigenvalue weighted by Crippen LogP contribution is 2.40. The number of para-hydroxylation sites is 2. The van der Waals surface area contributed by atoms with Gasteiger partial charge in [-0.15, -0.1) is 0 Å². The second kappa shape index (κ2) is 14.7. The van der Waals surface area contributed by atoms with Crippen molar-refractivity contribution in [1.29, 1.82) is 0 Å². The molecule has 0 aliphatic rings. The van der Waals surface area contributed by atoms with E-state index in [1.165, 1.54) is 4.57 Å². The van der Waals surface area contributed by atoms with Crippen LogP contribution in [0.4, 0.5) is 0 Å². The molecule has 9 aromatic carbocycles. The van der Waals surface area contributed by atoms with Crippen LogP contribution in [0.25, 0.3) is 117 Å². The van der Waals surface area contributed by atoms with Crippen molar-refractivity contribution in [2.45, 2.75) is 0 Å². The molecule has 0 radical (unpaired) electrons. The average Bonchev–Trinajstić information content (AvgIpc) is 4.00. The lowest BCUT2D eigenvalue weighted by Gasteiger charge is -2.17. The van der Waals surface area contributed by atoms with E-state index in [2.05, 4.69) is 0 Å². The van der Waals surface area contributed by atoms with Gasteiger partial charge in [-0.05, 0) is 81.8 Å². The maximum atomic E-state index is 9.83. The van der Waals surface area contributed by atoms with Crippen LogP contribution in [0.15, 0.2) is 223 Å². The molecule has 12 rings (SSSR count). The molecule has 0 amide bonds. The first kappa shape index (κ1) is 25.3. The van der Waals surface area contributed by atoms with Crippen LogP contribution in [-0.2, 0) is 0 Å². The van der Waals surface area contributed by atoms with Gasteiger partial charge in [0.2, 0.25) is 0 Å². The topological polar surface area (TPSA) is 56.7 Å². The molecule has 0 fully saturated rings. The number of hydrogen-bond donors (Lipinski definition) is 0. The summed E-state index contributed by atoms with van der Waals surface area (Å²) in [6.45, 7) is 0. The van der Waals surface area contributed by atoms with Gasteiger partial charge in [-0.1, -0.05) is 170 Å². The summed E-state index contributed by atoms with van der Waals surface area (Å²) in [5, 5.41) is 1.47. The largest absolute Gasteiger partial charge is 0.456 e. The fourth-order valence-electron chi connectivity index (χ4n) is 8.03. The summed E-state index contributed by atoms with van der Waals surface area (Å²) in [4.78, 5) is 15.2. The van der Waals surface area contributed by atoms with Crippen LogP contribution < -0.4 is 0 Å². The zero-order valence-electron chi connectivity index (χ0n) is 44.6. The van der Waals surface area contributed by atoms with Gasteiger partial charge in [0, 0.05) is 38.2 Å². The van der Waals surface area contributed by atoms with Crippen molar-refractivity contribution in [3.05, 3.63) is 218 Å². The molecule has 0 aliphatic heterocycles. The molecule has 5 heteroatoms. The molecular weight excluding hydrogens is 757 g/mol. The fraction of sp³-hybridized carbons (Fsp3) is 0. The summed E-state index contributed by atoms with van der Waals surface area (Å²) in [5.41, 5.74) is 5.25. The van der Waals surface area contributed by atoms with Crippen molar-refractivity contribution in [2.24, 2.45) is 0 Å². The Morgan fingerprint density at radius 2 is 0.968 bits per heavy atom. The lowest BCUT2D eigenvalue weighted by atomic mass is 9.98. The zero-order valence-corrected chi connectivity index (χ0v) is 32.6. The van der Waals surface area contributed by atoms with Crippen LogP contribution in [0.5, 0.6) is 0 Å². The number of fused-ring (bicyclic) bond motifs is 6. The van der Waals surface area contributed by atoms with Crippen LogP contribution in [0.3, 0.4) is 0 Å². The predicted molar refractivity (Wildman–Crippen MR) is 254 cm³/mol. The minimum Gasteiger partial charge on any atom is -0.456 e. The minimum absolute atomic E-state index is 0.134.